The quantitative estimate of drug-likeness (QED) is 0.670. The van der Waals surface area contributed by atoms with E-state index in [0.29, 0.717) is 15.0 Å². The van der Waals surface area contributed by atoms with Crippen molar-refractivity contribution in [1.82, 2.24) is 4.72 Å². The highest BCUT2D eigenvalue weighted by molar-refractivity contribution is 9.10. The number of nitrogens with one attached hydrogen (secondary N) is 1. The van der Waals surface area contributed by atoms with Crippen molar-refractivity contribution in [1.29, 1.82) is 0 Å². The third-order valence-electron chi connectivity index (χ3n) is 3.47. The third-order valence-corrected chi connectivity index (χ3v) is 5.55. The second kappa shape index (κ2) is 6.88. The number of rotatable bonds is 4. The van der Waals surface area contributed by atoms with Gasteiger partial charge in [0.25, 0.3) is 0 Å². The van der Waals surface area contributed by atoms with Gasteiger partial charge in [0, 0.05) is 31.2 Å². The van der Waals surface area contributed by atoms with Crippen LogP contribution >= 0.6 is 15.9 Å². The van der Waals surface area contributed by atoms with E-state index in [1.165, 1.54) is 0 Å². The van der Waals surface area contributed by atoms with Crippen LogP contribution in [0.25, 0.3) is 11.0 Å². The van der Waals surface area contributed by atoms with E-state index >= 15 is 0 Å². The van der Waals surface area contributed by atoms with Gasteiger partial charge in [0.1, 0.15) is 16.9 Å². The molecule has 1 amide bonds. The van der Waals surface area contributed by atoms with E-state index in [1.54, 1.807) is 24.3 Å². The molecule has 1 heterocycles. The predicted molar refractivity (Wildman–Crippen MR) is 98.6 cm³/mol. The van der Waals surface area contributed by atoms with Crippen molar-refractivity contribution >= 4 is 49.9 Å². The van der Waals surface area contributed by atoms with Crippen molar-refractivity contribution < 1.29 is 13.8 Å². The average molecular weight is 407 g/mol. The topological polar surface area (TPSA) is 68.5 Å². The Morgan fingerprint density at radius 2 is 1.96 bits per heavy atom. The van der Waals surface area contributed by atoms with E-state index < -0.39 is 17.3 Å². The van der Waals surface area contributed by atoms with E-state index in [4.69, 9.17) is 4.42 Å². The first kappa shape index (κ1) is 16.9. The van der Waals surface area contributed by atoms with Gasteiger partial charge >= 0.3 is 5.91 Å². The zero-order valence-corrected chi connectivity index (χ0v) is 15.5. The zero-order valence-electron chi connectivity index (χ0n) is 13.1. The second-order valence-corrected chi connectivity index (χ2v) is 7.39. The molecule has 24 heavy (non-hydrogen) atoms. The van der Waals surface area contributed by atoms with Crippen LogP contribution in [0.15, 0.2) is 62.3 Å². The predicted octanol–water partition coefficient (Wildman–Crippen LogP) is 3.71. The minimum absolute atomic E-state index is 0.126. The van der Waals surface area contributed by atoms with Crippen molar-refractivity contribution in [2.45, 2.75) is 4.90 Å². The molecule has 2 aromatic carbocycles. The molecule has 0 spiro atoms. The fourth-order valence-electron chi connectivity index (χ4n) is 2.19. The number of hydrogen-bond donors (Lipinski definition) is 1. The molecule has 7 heteroatoms. The van der Waals surface area contributed by atoms with E-state index in [2.05, 4.69) is 20.7 Å². The number of amides is 1. The lowest BCUT2D eigenvalue weighted by atomic mass is 10.2. The molecule has 0 radical (unpaired) electrons. The third kappa shape index (κ3) is 3.43. The van der Waals surface area contributed by atoms with Crippen LogP contribution in [-0.4, -0.2) is 24.6 Å². The molecule has 0 aliphatic carbocycles. The smallest absolute Gasteiger partial charge is 0.328 e. The molecule has 3 rings (SSSR count). The fraction of sp³-hybridized carbons (Fsp3) is 0.118. The summed E-state index contributed by atoms with van der Waals surface area (Å²) in [6.07, 6.45) is 0. The van der Waals surface area contributed by atoms with Crippen LogP contribution in [-0.2, 0) is 11.4 Å². The van der Waals surface area contributed by atoms with Crippen LogP contribution in [0, 0.1) is 0 Å². The van der Waals surface area contributed by atoms with E-state index in [-0.39, 0.29) is 5.76 Å². The van der Waals surface area contributed by atoms with Gasteiger partial charge in [-0.1, -0.05) is 12.1 Å². The average Bonchev–Trinajstić information content (AvgIpc) is 2.98. The highest BCUT2D eigenvalue weighted by Crippen LogP contribution is 2.25. The summed E-state index contributed by atoms with van der Waals surface area (Å²) in [6, 6.07) is 14.3. The summed E-state index contributed by atoms with van der Waals surface area (Å²) in [5, 5.41) is 0.817. The molecule has 1 atom stereocenters. The van der Waals surface area contributed by atoms with Gasteiger partial charge in [-0.25, -0.2) is 0 Å². The van der Waals surface area contributed by atoms with Crippen molar-refractivity contribution in [3.8, 4) is 0 Å². The normalized spacial score (nSPS) is 12.2. The van der Waals surface area contributed by atoms with Gasteiger partial charge in [-0.05, 0) is 46.3 Å². The highest BCUT2D eigenvalue weighted by Gasteiger charge is 2.22. The first-order chi connectivity index (χ1) is 11.5. The van der Waals surface area contributed by atoms with Crippen LogP contribution in [0.2, 0.25) is 0 Å². The molecule has 0 aliphatic heterocycles. The maximum atomic E-state index is 12.3. The number of fused-ring (bicyclic) bond motifs is 1. The number of furan rings is 1. The minimum atomic E-state index is -1.67. The van der Waals surface area contributed by atoms with Crippen LogP contribution in [0.1, 0.15) is 10.6 Å². The number of nitrogens with zero attached hydrogens (tertiary/aromatic N) is 1. The van der Waals surface area contributed by atoms with Crippen molar-refractivity contribution in [3.05, 3.63) is 58.8 Å². The lowest BCUT2D eigenvalue weighted by Crippen LogP contribution is -2.30. The summed E-state index contributed by atoms with van der Waals surface area (Å²) in [5.74, 6) is -0.395. The Morgan fingerprint density at radius 1 is 1.21 bits per heavy atom. The summed E-state index contributed by atoms with van der Waals surface area (Å²) < 4.78 is 21.0. The summed E-state index contributed by atoms with van der Waals surface area (Å²) in [4.78, 5) is 14.7. The Labute approximate surface area is 151 Å². The number of benzene rings is 2. The van der Waals surface area contributed by atoms with Crippen molar-refractivity contribution in [3.63, 3.8) is 0 Å². The van der Waals surface area contributed by atoms with Gasteiger partial charge < -0.3 is 13.9 Å². The first-order valence-electron chi connectivity index (χ1n) is 7.14. The van der Waals surface area contributed by atoms with E-state index in [0.717, 1.165) is 11.1 Å². The summed E-state index contributed by atoms with van der Waals surface area (Å²) in [6.45, 7) is 0. The van der Waals surface area contributed by atoms with E-state index in [1.807, 2.05) is 43.3 Å². The molecule has 124 valence electrons. The number of anilines is 1. The maximum Gasteiger partial charge on any atom is 0.328 e. The lowest BCUT2D eigenvalue weighted by molar-refractivity contribution is 0.0956. The molecule has 0 bridgehead atoms. The maximum absolute atomic E-state index is 12.3. The van der Waals surface area contributed by atoms with E-state index in [9.17, 15) is 9.35 Å². The Balaban J connectivity index is 1.82. The zero-order chi connectivity index (χ0) is 17.3. The summed E-state index contributed by atoms with van der Waals surface area (Å²) in [5.41, 5.74) is 1.58. The standard InChI is InChI=1S/C17H15BrN2O3S/c1-20(2)12-8-7-11-9-15(23-14(11)10-12)17(21)19-24(22)16-6-4-3-5-13(16)18/h3-10H,1-2H3,(H,19,21). The van der Waals surface area contributed by atoms with Gasteiger partial charge in [0.15, 0.2) is 10.7 Å². The van der Waals surface area contributed by atoms with Crippen LogP contribution < -0.4 is 9.62 Å². The summed E-state index contributed by atoms with van der Waals surface area (Å²) >= 11 is 1.65. The van der Waals surface area contributed by atoms with Gasteiger partial charge in [-0.2, -0.15) is 4.72 Å². The highest BCUT2D eigenvalue weighted by atomic mass is 79.9. The summed E-state index contributed by atoms with van der Waals surface area (Å²) in [7, 11) is 3.86. The fourth-order valence-corrected chi connectivity index (χ4v) is 3.75. The molecule has 1 unspecified atom stereocenters. The van der Waals surface area contributed by atoms with Crippen molar-refractivity contribution in [2.75, 3.05) is 19.0 Å². The van der Waals surface area contributed by atoms with Crippen LogP contribution in [0.3, 0.4) is 0 Å². The number of carbonyl (C=O) groups excluding carboxylic acids is 1. The van der Waals surface area contributed by atoms with Crippen LogP contribution in [0.4, 0.5) is 5.69 Å². The minimum Gasteiger partial charge on any atom is -0.588 e. The first-order valence-corrected chi connectivity index (χ1v) is 9.08. The van der Waals surface area contributed by atoms with Gasteiger partial charge in [0.05, 0.1) is 4.47 Å². The SMILES string of the molecule is CN(C)c1ccc2cc(C(=O)N[S+]([O-])c3ccccc3Br)oc2c1. The molecule has 0 saturated carbocycles. The molecule has 3 aromatic rings. The van der Waals surface area contributed by atoms with Crippen LogP contribution in [0.5, 0.6) is 0 Å². The molecule has 1 N–H and O–H groups in total. The Kier molecular flexibility index (Phi) is 4.84. The molecular formula is C17H15BrN2O3S. The van der Waals surface area contributed by atoms with Gasteiger partial charge in [0.2, 0.25) is 0 Å². The number of hydrogen-bond acceptors (Lipinski definition) is 4. The number of carbonyl (C=O) groups is 1. The molecular weight excluding hydrogens is 392 g/mol. The molecule has 0 aliphatic rings. The number of halogens is 1. The largest absolute Gasteiger partial charge is 0.588 e. The Bertz CT molecular complexity index is 894. The van der Waals surface area contributed by atoms with Gasteiger partial charge in [-0.15, -0.1) is 0 Å². The molecule has 0 fully saturated rings. The van der Waals surface area contributed by atoms with Crippen molar-refractivity contribution in [2.24, 2.45) is 0 Å². The molecule has 5 nitrogen and oxygen atoms in total. The molecule has 0 saturated heterocycles. The van der Waals surface area contributed by atoms with Gasteiger partial charge in [-0.3, -0.25) is 4.79 Å². The Morgan fingerprint density at radius 3 is 2.67 bits per heavy atom. The monoisotopic (exact) mass is 406 g/mol. The Hall–Kier alpha value is -1.96. The lowest BCUT2D eigenvalue weighted by Gasteiger charge is -2.11. The second-order valence-electron chi connectivity index (χ2n) is 5.36. The molecule has 1 aromatic heterocycles.